The summed E-state index contributed by atoms with van der Waals surface area (Å²) in [6.45, 7) is 4.27. The van der Waals surface area contributed by atoms with Crippen LogP contribution in [0.15, 0.2) is 30.3 Å². The normalized spacial score (nSPS) is 19.4. The third-order valence-electron chi connectivity index (χ3n) is 3.52. The Kier molecular flexibility index (Phi) is 2.56. The summed E-state index contributed by atoms with van der Waals surface area (Å²) in [5, 5.41) is 4.57. The van der Waals surface area contributed by atoms with E-state index in [1.807, 2.05) is 12.1 Å². The minimum absolute atomic E-state index is 0.0356. The molecule has 3 nitrogen and oxygen atoms in total. The lowest BCUT2D eigenvalue weighted by Crippen LogP contribution is -2.43. The number of benzene rings is 1. The molecule has 0 amide bonds. The number of aromatic nitrogens is 1. The van der Waals surface area contributed by atoms with Crippen molar-refractivity contribution in [3.8, 4) is 5.88 Å². The van der Waals surface area contributed by atoms with Crippen LogP contribution in [0.3, 0.4) is 0 Å². The molecule has 0 saturated carbocycles. The molecule has 1 fully saturated rings. The van der Waals surface area contributed by atoms with E-state index in [4.69, 9.17) is 4.74 Å². The van der Waals surface area contributed by atoms with Gasteiger partial charge >= 0.3 is 0 Å². The van der Waals surface area contributed by atoms with Gasteiger partial charge in [-0.25, -0.2) is 0 Å². The molecule has 3 rings (SSSR count). The van der Waals surface area contributed by atoms with E-state index < -0.39 is 0 Å². The average molecular weight is 230 g/mol. The SMILES string of the molecule is CC1(Oc2cc3ccccc3[nH]2)CCNCC1. The van der Waals surface area contributed by atoms with Crippen LogP contribution >= 0.6 is 0 Å². The summed E-state index contributed by atoms with van der Waals surface area (Å²) < 4.78 is 6.13. The van der Waals surface area contributed by atoms with Gasteiger partial charge in [0.2, 0.25) is 0 Å². The van der Waals surface area contributed by atoms with E-state index in [1.54, 1.807) is 0 Å². The highest BCUT2D eigenvalue weighted by Gasteiger charge is 2.29. The van der Waals surface area contributed by atoms with Gasteiger partial charge in [-0.1, -0.05) is 18.2 Å². The van der Waals surface area contributed by atoms with Gasteiger partial charge in [-0.2, -0.15) is 0 Å². The highest BCUT2D eigenvalue weighted by atomic mass is 16.5. The van der Waals surface area contributed by atoms with Crippen molar-refractivity contribution >= 4 is 10.9 Å². The van der Waals surface area contributed by atoms with Crippen molar-refractivity contribution in [2.45, 2.75) is 25.4 Å². The van der Waals surface area contributed by atoms with E-state index in [2.05, 4.69) is 35.4 Å². The van der Waals surface area contributed by atoms with Gasteiger partial charge in [-0.3, -0.25) is 0 Å². The van der Waals surface area contributed by atoms with Crippen molar-refractivity contribution < 1.29 is 4.74 Å². The first-order valence-corrected chi connectivity index (χ1v) is 6.23. The molecule has 1 aromatic heterocycles. The lowest BCUT2D eigenvalue weighted by atomic mass is 9.95. The zero-order valence-corrected chi connectivity index (χ0v) is 10.1. The average Bonchev–Trinajstić information content (AvgIpc) is 2.71. The highest BCUT2D eigenvalue weighted by Crippen LogP contribution is 2.27. The monoisotopic (exact) mass is 230 g/mol. The van der Waals surface area contributed by atoms with Crippen LogP contribution in [-0.4, -0.2) is 23.7 Å². The third-order valence-corrected chi connectivity index (χ3v) is 3.52. The smallest absolute Gasteiger partial charge is 0.192 e. The van der Waals surface area contributed by atoms with E-state index in [1.165, 1.54) is 5.39 Å². The molecule has 1 aromatic carbocycles. The number of hydrogen-bond acceptors (Lipinski definition) is 2. The molecule has 2 heterocycles. The molecular formula is C14H18N2O. The summed E-state index contributed by atoms with van der Waals surface area (Å²) in [6.07, 6.45) is 2.12. The largest absolute Gasteiger partial charge is 0.473 e. The van der Waals surface area contributed by atoms with E-state index in [0.29, 0.717) is 0 Å². The number of rotatable bonds is 2. The van der Waals surface area contributed by atoms with Crippen LogP contribution in [0.2, 0.25) is 0 Å². The second-order valence-corrected chi connectivity index (χ2v) is 5.02. The quantitative estimate of drug-likeness (QED) is 0.832. The Balaban J connectivity index is 1.84. The Morgan fingerprint density at radius 1 is 1.18 bits per heavy atom. The van der Waals surface area contributed by atoms with Gasteiger partial charge in [-0.05, 0) is 38.9 Å². The van der Waals surface area contributed by atoms with Crippen LogP contribution in [0, 0.1) is 0 Å². The van der Waals surface area contributed by atoms with E-state index in [0.717, 1.165) is 37.3 Å². The standard InChI is InChI=1S/C14H18N2O/c1-14(6-8-15-9-7-14)17-13-10-11-4-2-3-5-12(11)16-13/h2-5,10,15-16H,6-9H2,1H3. The first-order valence-electron chi connectivity index (χ1n) is 6.23. The molecule has 2 N–H and O–H groups in total. The van der Waals surface area contributed by atoms with Crippen molar-refractivity contribution in [3.63, 3.8) is 0 Å². The molecule has 2 aromatic rings. The maximum atomic E-state index is 6.13. The molecule has 0 atom stereocenters. The third kappa shape index (κ3) is 2.15. The fourth-order valence-electron chi connectivity index (χ4n) is 2.42. The van der Waals surface area contributed by atoms with Crippen LogP contribution < -0.4 is 10.1 Å². The first-order chi connectivity index (χ1) is 8.25. The molecule has 1 aliphatic heterocycles. The fraction of sp³-hybridized carbons (Fsp3) is 0.429. The summed E-state index contributed by atoms with van der Waals surface area (Å²) in [4.78, 5) is 3.33. The molecule has 90 valence electrons. The molecule has 1 aliphatic rings. The second kappa shape index (κ2) is 4.08. The molecule has 17 heavy (non-hydrogen) atoms. The van der Waals surface area contributed by atoms with Gasteiger partial charge < -0.3 is 15.0 Å². The van der Waals surface area contributed by atoms with Gasteiger partial charge in [0, 0.05) is 17.0 Å². The van der Waals surface area contributed by atoms with E-state index in [-0.39, 0.29) is 5.60 Å². The van der Waals surface area contributed by atoms with Crippen LogP contribution in [0.5, 0.6) is 5.88 Å². The van der Waals surface area contributed by atoms with E-state index >= 15 is 0 Å². The summed E-state index contributed by atoms with van der Waals surface area (Å²) in [6, 6.07) is 10.3. The Bertz CT molecular complexity index is 479. The van der Waals surface area contributed by atoms with Crippen LogP contribution in [0.25, 0.3) is 10.9 Å². The summed E-state index contributed by atoms with van der Waals surface area (Å²) in [5.74, 6) is 0.885. The van der Waals surface area contributed by atoms with Crippen molar-refractivity contribution in [3.05, 3.63) is 30.3 Å². The maximum Gasteiger partial charge on any atom is 0.192 e. The number of fused-ring (bicyclic) bond motifs is 1. The zero-order valence-electron chi connectivity index (χ0n) is 10.1. The van der Waals surface area contributed by atoms with Gasteiger partial charge in [-0.15, -0.1) is 0 Å². The number of aromatic amines is 1. The Morgan fingerprint density at radius 2 is 1.94 bits per heavy atom. The van der Waals surface area contributed by atoms with Gasteiger partial charge in [0.05, 0.1) is 0 Å². The Hall–Kier alpha value is -1.48. The highest BCUT2D eigenvalue weighted by molar-refractivity contribution is 5.81. The summed E-state index contributed by atoms with van der Waals surface area (Å²) in [7, 11) is 0. The lowest BCUT2D eigenvalue weighted by Gasteiger charge is -2.33. The van der Waals surface area contributed by atoms with Crippen LogP contribution in [0.4, 0.5) is 0 Å². The Labute approximate surface area is 101 Å². The predicted molar refractivity (Wildman–Crippen MR) is 69.4 cm³/mol. The summed E-state index contributed by atoms with van der Waals surface area (Å²) in [5.41, 5.74) is 1.10. The minimum Gasteiger partial charge on any atom is -0.473 e. The topological polar surface area (TPSA) is 37.0 Å². The Morgan fingerprint density at radius 3 is 2.71 bits per heavy atom. The number of H-pyrrole nitrogens is 1. The van der Waals surface area contributed by atoms with Crippen LogP contribution in [0.1, 0.15) is 19.8 Å². The molecule has 0 bridgehead atoms. The van der Waals surface area contributed by atoms with Crippen molar-refractivity contribution in [2.24, 2.45) is 0 Å². The van der Waals surface area contributed by atoms with E-state index in [9.17, 15) is 0 Å². The van der Waals surface area contributed by atoms with Crippen LogP contribution in [-0.2, 0) is 0 Å². The molecule has 0 radical (unpaired) electrons. The molecular weight excluding hydrogens is 212 g/mol. The second-order valence-electron chi connectivity index (χ2n) is 5.02. The summed E-state index contributed by atoms with van der Waals surface area (Å²) >= 11 is 0. The van der Waals surface area contributed by atoms with Gasteiger partial charge in [0.25, 0.3) is 0 Å². The lowest BCUT2D eigenvalue weighted by molar-refractivity contribution is 0.0517. The molecule has 3 heteroatoms. The van der Waals surface area contributed by atoms with Crippen molar-refractivity contribution in [2.75, 3.05) is 13.1 Å². The van der Waals surface area contributed by atoms with Gasteiger partial charge in [0.15, 0.2) is 5.88 Å². The number of para-hydroxylation sites is 1. The number of ether oxygens (including phenoxy) is 1. The maximum absolute atomic E-state index is 6.13. The zero-order chi connectivity index (χ0) is 11.7. The predicted octanol–water partition coefficient (Wildman–Crippen LogP) is 2.69. The first kappa shape index (κ1) is 10.7. The molecule has 0 aliphatic carbocycles. The number of hydrogen-bond donors (Lipinski definition) is 2. The van der Waals surface area contributed by atoms with Crippen molar-refractivity contribution in [1.29, 1.82) is 0 Å². The molecule has 0 unspecified atom stereocenters. The number of nitrogens with one attached hydrogen (secondary N) is 2. The van der Waals surface area contributed by atoms with Crippen molar-refractivity contribution in [1.82, 2.24) is 10.3 Å². The minimum atomic E-state index is -0.0356. The van der Waals surface area contributed by atoms with Gasteiger partial charge in [0.1, 0.15) is 5.60 Å². The molecule has 0 spiro atoms. The molecule has 1 saturated heterocycles. The fourth-order valence-corrected chi connectivity index (χ4v) is 2.42. The number of piperidine rings is 1.